The number of alkyl carbamates (subject to hydrolysis) is 1. The Balaban J connectivity index is 2.53. The van der Waals surface area contributed by atoms with Crippen LogP contribution in [0.2, 0.25) is 0 Å². The summed E-state index contributed by atoms with van der Waals surface area (Å²) in [7, 11) is 3.11. The van der Waals surface area contributed by atoms with E-state index in [1.807, 2.05) is 11.8 Å². The molecule has 1 rings (SSSR count). The predicted octanol–water partition coefficient (Wildman–Crippen LogP) is 0.845. The summed E-state index contributed by atoms with van der Waals surface area (Å²) in [4.78, 5) is 24.8. The summed E-state index contributed by atoms with van der Waals surface area (Å²) in [5.74, 6) is 0. The van der Waals surface area contributed by atoms with Crippen molar-refractivity contribution in [2.24, 2.45) is 0 Å². The normalized spacial score (nSPS) is 16.5. The molecular weight excluding hydrogens is 226 g/mol. The third kappa shape index (κ3) is 3.54. The van der Waals surface area contributed by atoms with Gasteiger partial charge >= 0.3 is 12.2 Å². The first-order valence-electron chi connectivity index (χ1n) is 5.20. The van der Waals surface area contributed by atoms with Crippen molar-refractivity contribution in [1.29, 1.82) is 0 Å². The Hall–Kier alpha value is -1.92. The van der Waals surface area contributed by atoms with Gasteiger partial charge in [-0.2, -0.15) is 0 Å². The molecule has 0 aromatic carbocycles. The minimum atomic E-state index is -0.986. The lowest BCUT2D eigenvalue weighted by molar-refractivity contribution is 0.155. The lowest BCUT2D eigenvalue weighted by atomic mass is 10.2. The van der Waals surface area contributed by atoms with Crippen LogP contribution in [0.1, 0.15) is 13.3 Å². The van der Waals surface area contributed by atoms with E-state index in [0.29, 0.717) is 13.1 Å². The van der Waals surface area contributed by atoms with Crippen LogP contribution in [0.5, 0.6) is 0 Å². The average molecular weight is 243 g/mol. The van der Waals surface area contributed by atoms with E-state index in [1.165, 1.54) is 12.0 Å². The first-order valence-corrected chi connectivity index (χ1v) is 5.20. The molecule has 0 spiro atoms. The van der Waals surface area contributed by atoms with Gasteiger partial charge in [0.25, 0.3) is 0 Å². The minimum Gasteiger partial charge on any atom is -0.465 e. The number of methoxy groups -OCH3 is 1. The van der Waals surface area contributed by atoms with Gasteiger partial charge in [-0.15, -0.1) is 0 Å². The molecular formula is C10H17N3O4. The second-order valence-corrected chi connectivity index (χ2v) is 3.95. The fourth-order valence-corrected chi connectivity index (χ4v) is 1.59. The van der Waals surface area contributed by atoms with Crippen molar-refractivity contribution >= 4 is 12.2 Å². The molecule has 1 heterocycles. The van der Waals surface area contributed by atoms with Crippen molar-refractivity contribution < 1.29 is 19.4 Å². The number of ether oxygens (including phenoxy) is 1. The van der Waals surface area contributed by atoms with Crippen molar-refractivity contribution in [2.45, 2.75) is 19.4 Å². The number of carboxylic acid groups (broad SMARTS) is 1. The standard InChI is InChI=1S/C10H17N3O4/c1-7(11-9(14)17-3)4-8-5-13(10(15)16)6-12(8)2/h5,7H,4,6H2,1-3H3,(H,11,14)(H,15,16)/t7-/m1/s1. The Labute approximate surface area is 99.6 Å². The van der Waals surface area contributed by atoms with Crippen molar-refractivity contribution in [2.75, 3.05) is 20.8 Å². The molecule has 0 aromatic rings. The Morgan fingerprint density at radius 2 is 2.29 bits per heavy atom. The van der Waals surface area contributed by atoms with Gasteiger partial charge < -0.3 is 20.1 Å². The molecule has 7 nitrogen and oxygen atoms in total. The van der Waals surface area contributed by atoms with Gasteiger partial charge in [0.15, 0.2) is 0 Å². The van der Waals surface area contributed by atoms with Crippen molar-refractivity contribution in [3.05, 3.63) is 11.9 Å². The number of rotatable bonds is 3. The van der Waals surface area contributed by atoms with Gasteiger partial charge in [0.05, 0.1) is 7.11 Å². The monoisotopic (exact) mass is 243 g/mol. The summed E-state index contributed by atoms with van der Waals surface area (Å²) in [5.41, 5.74) is 0.858. The van der Waals surface area contributed by atoms with Crippen molar-refractivity contribution in [1.82, 2.24) is 15.1 Å². The van der Waals surface area contributed by atoms with E-state index in [2.05, 4.69) is 10.1 Å². The summed E-state index contributed by atoms with van der Waals surface area (Å²) >= 11 is 0. The molecule has 0 bridgehead atoms. The molecule has 1 aliphatic rings. The highest BCUT2D eigenvalue weighted by molar-refractivity contribution is 5.67. The SMILES string of the molecule is COC(=O)N[C@H](C)CC1=CN(C(=O)O)CN1C. The van der Waals surface area contributed by atoms with E-state index in [9.17, 15) is 9.59 Å². The van der Waals surface area contributed by atoms with Gasteiger partial charge in [-0.25, -0.2) is 9.59 Å². The molecule has 96 valence electrons. The van der Waals surface area contributed by atoms with Crippen LogP contribution in [0.4, 0.5) is 9.59 Å². The Morgan fingerprint density at radius 3 is 2.76 bits per heavy atom. The summed E-state index contributed by atoms with van der Waals surface area (Å²) in [6.07, 6.45) is 0.641. The van der Waals surface area contributed by atoms with Crippen molar-refractivity contribution in [3.8, 4) is 0 Å². The topological polar surface area (TPSA) is 82.1 Å². The molecule has 0 aliphatic carbocycles. The zero-order valence-corrected chi connectivity index (χ0v) is 10.1. The average Bonchev–Trinajstić information content (AvgIpc) is 2.60. The first-order chi connectivity index (χ1) is 7.93. The number of nitrogens with zero attached hydrogens (tertiary/aromatic N) is 2. The molecule has 17 heavy (non-hydrogen) atoms. The molecule has 2 amide bonds. The highest BCUT2D eigenvalue weighted by atomic mass is 16.5. The molecule has 0 saturated carbocycles. The largest absolute Gasteiger partial charge is 0.465 e. The summed E-state index contributed by atoms with van der Waals surface area (Å²) in [6, 6.07) is -0.120. The van der Waals surface area contributed by atoms with E-state index in [1.54, 1.807) is 13.2 Å². The van der Waals surface area contributed by atoms with Crippen LogP contribution in [0, 0.1) is 0 Å². The van der Waals surface area contributed by atoms with Crippen LogP contribution >= 0.6 is 0 Å². The first kappa shape index (κ1) is 13.1. The Bertz CT molecular complexity index is 342. The molecule has 0 aromatic heterocycles. The number of hydrogen-bond donors (Lipinski definition) is 2. The van der Waals surface area contributed by atoms with E-state index in [-0.39, 0.29) is 6.04 Å². The Kier molecular flexibility index (Phi) is 4.19. The minimum absolute atomic E-state index is 0.120. The van der Waals surface area contributed by atoms with Crippen LogP contribution in [0.3, 0.4) is 0 Å². The summed E-state index contributed by atoms with van der Waals surface area (Å²) in [5, 5.41) is 11.5. The quantitative estimate of drug-likeness (QED) is 0.767. The number of hydrogen-bond acceptors (Lipinski definition) is 4. The van der Waals surface area contributed by atoms with E-state index in [4.69, 9.17) is 5.11 Å². The molecule has 0 saturated heterocycles. The molecule has 1 aliphatic heterocycles. The fraction of sp³-hybridized carbons (Fsp3) is 0.600. The van der Waals surface area contributed by atoms with E-state index >= 15 is 0 Å². The zero-order chi connectivity index (χ0) is 13.0. The maximum Gasteiger partial charge on any atom is 0.412 e. The molecule has 1 atom stereocenters. The third-order valence-corrected chi connectivity index (χ3v) is 2.47. The molecule has 0 unspecified atom stereocenters. The van der Waals surface area contributed by atoms with Gasteiger partial charge in [-0.1, -0.05) is 0 Å². The maximum atomic E-state index is 11.0. The van der Waals surface area contributed by atoms with Gasteiger partial charge in [0, 0.05) is 31.4 Å². The Morgan fingerprint density at radius 1 is 1.65 bits per heavy atom. The van der Waals surface area contributed by atoms with Gasteiger partial charge in [-0.05, 0) is 6.92 Å². The van der Waals surface area contributed by atoms with Crippen LogP contribution in [0.15, 0.2) is 11.9 Å². The highest BCUT2D eigenvalue weighted by Crippen LogP contribution is 2.18. The summed E-state index contributed by atoms with van der Waals surface area (Å²) in [6.45, 7) is 2.14. The second kappa shape index (κ2) is 5.42. The van der Waals surface area contributed by atoms with Crippen LogP contribution < -0.4 is 5.32 Å². The van der Waals surface area contributed by atoms with Crippen LogP contribution in [-0.4, -0.2) is 54.0 Å². The number of amides is 2. The highest BCUT2D eigenvalue weighted by Gasteiger charge is 2.23. The smallest absolute Gasteiger partial charge is 0.412 e. The van der Waals surface area contributed by atoms with Gasteiger partial charge in [0.1, 0.15) is 6.67 Å². The van der Waals surface area contributed by atoms with Crippen molar-refractivity contribution in [3.63, 3.8) is 0 Å². The number of carbonyl (C=O) groups excluding carboxylic acids is 1. The van der Waals surface area contributed by atoms with Gasteiger partial charge in [0.2, 0.25) is 0 Å². The van der Waals surface area contributed by atoms with Crippen LogP contribution in [-0.2, 0) is 4.74 Å². The van der Waals surface area contributed by atoms with Gasteiger partial charge in [-0.3, -0.25) is 4.90 Å². The molecule has 0 fully saturated rings. The second-order valence-electron chi connectivity index (χ2n) is 3.95. The lowest BCUT2D eigenvalue weighted by Gasteiger charge is -2.19. The number of carbonyl (C=O) groups is 2. The lowest BCUT2D eigenvalue weighted by Crippen LogP contribution is -2.34. The van der Waals surface area contributed by atoms with E-state index < -0.39 is 12.2 Å². The molecule has 7 heteroatoms. The predicted molar refractivity (Wildman–Crippen MR) is 60.2 cm³/mol. The zero-order valence-electron chi connectivity index (χ0n) is 10.1. The molecule has 2 N–H and O–H groups in total. The maximum absolute atomic E-state index is 11.0. The third-order valence-electron chi connectivity index (χ3n) is 2.47. The number of nitrogens with one attached hydrogen (secondary N) is 1. The van der Waals surface area contributed by atoms with E-state index in [0.717, 1.165) is 5.70 Å². The molecule has 0 radical (unpaired) electrons. The summed E-state index contributed by atoms with van der Waals surface area (Å²) < 4.78 is 4.48. The fourth-order valence-electron chi connectivity index (χ4n) is 1.59. The van der Waals surface area contributed by atoms with Crippen LogP contribution in [0.25, 0.3) is 0 Å².